The Balaban J connectivity index is 0.000000844. The average molecular weight is 2370 g/mol. The normalized spacial score (nSPS) is 20.9. The molecule has 0 aromatic carbocycles. The Labute approximate surface area is 742 Å². The number of aromatic nitrogens is 10. The van der Waals surface area contributed by atoms with E-state index in [0.717, 1.165) is 49.6 Å². The summed E-state index contributed by atoms with van der Waals surface area (Å²) in [7, 11) is -120. The van der Waals surface area contributed by atoms with Crippen LogP contribution in [0.1, 0.15) is 0 Å². The van der Waals surface area contributed by atoms with Crippen molar-refractivity contribution in [2.45, 2.75) is 116 Å². The van der Waals surface area contributed by atoms with Gasteiger partial charge in [0.25, 0.3) is 20.3 Å². The highest BCUT2D eigenvalue weighted by molar-refractivity contribution is 7.75. The standard InChI is InChI=1S/5C7H16N2O14P4/c5*10-6(24(12,13)14,25(15,16)17)3-8-1-2-9(5-8)4-7(11,26(18,19)20)27(21,22)23/h5*1-2,5,10-11H,3-4H2,(H7-,12,13,14,15,16,17,18,19,20,21,22,23)/p-6. The maximum atomic E-state index is 11.3. The van der Waals surface area contributed by atoms with Crippen molar-refractivity contribution in [3.63, 3.8) is 0 Å². The van der Waals surface area contributed by atoms with Crippen LogP contribution in [0.25, 0.3) is 0 Å². The van der Waals surface area contributed by atoms with E-state index in [2.05, 4.69) is 0 Å². The Morgan fingerprint density at radius 1 is 0.178 bits per heavy atom. The van der Waals surface area contributed by atoms with E-state index in [9.17, 15) is 196 Å². The van der Waals surface area contributed by atoms with Crippen LogP contribution < -0.4 is 76.7 Å². The van der Waals surface area contributed by atoms with E-state index in [0.29, 0.717) is 89.7 Å². The van der Waals surface area contributed by atoms with Gasteiger partial charge in [0.2, 0.25) is 41.8 Å². The number of imidazole rings is 5. The summed E-state index contributed by atoms with van der Waals surface area (Å²) < 4.78 is 229. The monoisotopic (exact) mass is 2370 g/mol. The van der Waals surface area contributed by atoms with E-state index in [1.807, 2.05) is 0 Å². The van der Waals surface area contributed by atoms with E-state index in [1.165, 1.54) is 0 Å². The lowest BCUT2D eigenvalue weighted by Gasteiger charge is -2.48. The lowest BCUT2D eigenvalue weighted by Crippen LogP contribution is -2.50. The first-order chi connectivity index (χ1) is 58.3. The third-order valence-corrected chi connectivity index (χ3v) is 53.4. The van der Waals surface area contributed by atoms with Crippen molar-refractivity contribution in [2.24, 2.45) is 0 Å². The third kappa shape index (κ3) is 30.2. The van der Waals surface area contributed by atoms with E-state index in [-0.39, 0.29) is 0 Å². The van der Waals surface area contributed by atoms with E-state index in [1.54, 1.807) is 0 Å². The molecule has 5 aromatic rings. The molecule has 0 fully saturated rings. The van der Waals surface area contributed by atoms with Crippen molar-refractivity contribution >= 4 is 152 Å². The molecule has 0 bridgehead atoms. The van der Waals surface area contributed by atoms with Gasteiger partial charge in [0, 0.05) is 0 Å². The number of hydrogen-bond donors (Lipinski definition) is 39. The summed E-state index contributed by atoms with van der Waals surface area (Å²) in [5, 5.41) is 57.2. The second-order valence-electron chi connectivity index (χ2n) is 27.2. The molecule has 0 amide bonds. The molecule has 100 heteroatoms. The lowest BCUT2D eigenvalue weighted by atomic mass is 10.6. The predicted octanol–water partition coefficient (Wildman–Crippen LogP) is -23.1. The first-order valence-corrected chi connectivity index (χ1v) is 63.6. The van der Waals surface area contributed by atoms with Crippen molar-refractivity contribution in [2.75, 3.05) is 0 Å². The van der Waals surface area contributed by atoms with Crippen LogP contribution in [0.5, 0.6) is 0 Å². The SMILES string of the molecule is O=P(O)(O)C(O)(Cn1cc[n+](CC(O)(P(=O)(O)O)P(=O)(O)O)c1)P(=O)(O)O.O=P([O-])(O)C(O)(Cn1cc[n+](CC(O)(P(=O)(O)O)P(=O)(O)O)c1)P(=O)(O)O.O=P([O-])(O)C(O)(Cn1cc[n+](CC(O)(P(=O)([O-])O)P(=O)(O)O)c1)P(=O)(O)O.O=P([O-])(O)C(O)(Cn1cc[n+](CC(O)(P(=O)([O-])O)P(=O)(O)O)c1)P(=O)([O-])O.O=P([O-])([O-])C(O)(Cn1cc[n+](CC(O)(P(=O)([O-])O)P(=O)([O-])O)c1)P(=O)([O-])O. The highest BCUT2D eigenvalue weighted by Gasteiger charge is 2.66. The van der Waals surface area contributed by atoms with Crippen LogP contribution in [0, 0.1) is 0 Å². The minimum absolute atomic E-state index is 0.393. The van der Waals surface area contributed by atoms with E-state index in [4.69, 9.17) is 142 Å². The summed E-state index contributed by atoms with van der Waals surface area (Å²) in [4.78, 5) is 383. The number of rotatable bonds is 40. The molecule has 135 heavy (non-hydrogen) atoms. The molecule has 80 nitrogen and oxygen atoms in total. The smallest absolute Gasteiger partial charge is 0.373 e. The van der Waals surface area contributed by atoms with Crippen molar-refractivity contribution in [3.8, 4) is 0 Å². The van der Waals surface area contributed by atoms with Gasteiger partial charge in [0.1, 0.15) is 127 Å². The molecule has 0 saturated carbocycles. The average Bonchev–Trinajstić information content (AvgIpc) is 1.65. The van der Waals surface area contributed by atoms with Gasteiger partial charge in [-0.25, -0.2) is 45.7 Å². The molecule has 0 saturated heterocycles. The summed E-state index contributed by atoms with van der Waals surface area (Å²) in [5.41, 5.74) is 0. The van der Waals surface area contributed by atoms with Crippen LogP contribution in [-0.2, 0) is 157 Å². The van der Waals surface area contributed by atoms with Gasteiger partial charge in [0.15, 0.2) is 73.4 Å². The Kier molecular flexibility index (Phi) is 41.1. The molecule has 0 radical (unpaired) electrons. The Morgan fingerprint density at radius 2 is 0.304 bits per heavy atom. The highest BCUT2D eigenvalue weighted by atomic mass is 31.3. The molecule has 5 heterocycles. The van der Waals surface area contributed by atoms with Gasteiger partial charge in [0.05, 0.1) is 0 Å². The quantitative estimate of drug-likeness (QED) is 0.0128. The molecule has 790 valence electrons. The molecular formula is C35H74N10O70P20-6. The van der Waals surface area contributed by atoms with Crippen molar-refractivity contribution in [1.29, 1.82) is 0 Å². The fourth-order valence-electron chi connectivity index (χ4n) is 9.03. The van der Waals surface area contributed by atoms with Gasteiger partial charge < -0.3 is 292 Å². The Morgan fingerprint density at radius 3 is 0.444 bits per heavy atom. The van der Waals surface area contributed by atoms with Crippen LogP contribution in [0.2, 0.25) is 0 Å². The highest BCUT2D eigenvalue weighted by Crippen LogP contribution is 2.74. The summed E-state index contributed by atoms with van der Waals surface area (Å²) in [5.74, 6) is 0. The minimum atomic E-state index is -6.38. The number of nitrogens with zero attached hydrogens (tertiary/aromatic N) is 10. The van der Waals surface area contributed by atoms with Crippen molar-refractivity contribution in [3.05, 3.63) is 93.6 Å². The van der Waals surface area contributed by atoms with Crippen LogP contribution >= 0.6 is 152 Å². The molecule has 5 rings (SSSR count). The van der Waals surface area contributed by atoms with Gasteiger partial charge >= 0.3 is 91.2 Å². The minimum Gasteiger partial charge on any atom is -0.808 e. The van der Waals surface area contributed by atoms with Crippen LogP contribution in [0.15, 0.2) is 93.6 Å². The first kappa shape index (κ1) is 132. The molecule has 14 atom stereocenters. The Bertz CT molecular complexity index is 4700. The van der Waals surface area contributed by atoms with Crippen LogP contribution in [0.4, 0.5) is 0 Å². The summed E-state index contributed by atoms with van der Waals surface area (Å²) in [6.45, 7) is -14.9. The third-order valence-electron chi connectivity index (χ3n) is 16.9. The lowest BCUT2D eigenvalue weighted by molar-refractivity contribution is -0.703. The maximum absolute atomic E-state index is 11.3. The van der Waals surface area contributed by atoms with E-state index < -0.39 is 268 Å². The molecule has 39 N–H and O–H groups in total. The van der Waals surface area contributed by atoms with Crippen LogP contribution in [-0.4, -0.2) is 267 Å². The van der Waals surface area contributed by atoms with E-state index >= 15 is 0 Å². The molecule has 5 aromatic heterocycles. The summed E-state index contributed by atoms with van der Waals surface area (Å²) >= 11 is 0. The second-order valence-corrected chi connectivity index (χ2v) is 66.7. The number of aliphatic hydroxyl groups is 10. The second kappa shape index (κ2) is 42.1. The van der Waals surface area contributed by atoms with Gasteiger partial charge in [-0.15, -0.1) is 0 Å². The molecule has 0 spiro atoms. The molecule has 0 aliphatic heterocycles. The summed E-state index contributed by atoms with van der Waals surface area (Å²) in [6.07, 6.45) is 10.3. The van der Waals surface area contributed by atoms with Gasteiger partial charge in [-0.1, -0.05) is 0 Å². The molecule has 14 unspecified atom stereocenters. The fraction of sp³-hybridized carbons (Fsp3) is 0.571. The summed E-state index contributed by atoms with van der Waals surface area (Å²) in [6, 6.07) is 0. The maximum Gasteiger partial charge on any atom is 0.373 e. The first-order valence-electron chi connectivity index (χ1n) is 31.7. The topological polar surface area (TPSA) is 1430 Å². The largest absolute Gasteiger partial charge is 0.808 e. The predicted molar refractivity (Wildman–Crippen MR) is 389 cm³/mol. The van der Waals surface area contributed by atoms with Gasteiger partial charge in [-0.2, -0.15) is 0 Å². The van der Waals surface area contributed by atoms with Gasteiger partial charge in [-0.05, 0) is 7.60 Å². The van der Waals surface area contributed by atoms with Crippen molar-refractivity contribution in [1.82, 2.24) is 22.8 Å². The van der Waals surface area contributed by atoms with Crippen LogP contribution in [0.3, 0.4) is 0 Å². The molecule has 0 aliphatic carbocycles. The molecule has 0 aliphatic rings. The zero-order chi connectivity index (χ0) is 108. The molecular weight excluding hydrogens is 2300 g/mol. The zero-order valence-electron chi connectivity index (χ0n) is 64.2. The fourth-order valence-corrected chi connectivity index (χ4v) is 29.1. The number of hydrogen-bond acceptors (Lipinski definition) is 41. The Hall–Kier alpha value is -1.35. The zero-order valence-corrected chi connectivity index (χ0v) is 82.1. The van der Waals surface area contributed by atoms with Crippen molar-refractivity contribution < 1.29 is 361 Å². The van der Waals surface area contributed by atoms with Gasteiger partial charge in [-0.3, -0.25) is 45.7 Å².